The molecule has 98 valence electrons. The summed E-state index contributed by atoms with van der Waals surface area (Å²) in [5, 5.41) is 0. The first-order valence-corrected chi connectivity index (χ1v) is 6.72. The van der Waals surface area contributed by atoms with E-state index in [1.165, 1.54) is 0 Å². The summed E-state index contributed by atoms with van der Waals surface area (Å²) < 4.78 is 4.99. The van der Waals surface area contributed by atoms with Gasteiger partial charge < -0.3 is 9.64 Å². The van der Waals surface area contributed by atoms with Gasteiger partial charge in [0.15, 0.2) is 0 Å². The highest BCUT2D eigenvalue weighted by Crippen LogP contribution is 2.18. The number of carbonyl (C=O) groups excluding carboxylic acids is 2. The molecule has 0 N–H and O–H groups in total. The molecular formula is C12H20ClNO3. The van der Waals surface area contributed by atoms with Crippen molar-refractivity contribution in [2.45, 2.75) is 32.6 Å². The van der Waals surface area contributed by atoms with Crippen LogP contribution in [-0.2, 0) is 14.3 Å². The Bertz CT molecular complexity index is 270. The van der Waals surface area contributed by atoms with E-state index in [2.05, 4.69) is 0 Å². The van der Waals surface area contributed by atoms with Gasteiger partial charge in [0.25, 0.3) is 0 Å². The summed E-state index contributed by atoms with van der Waals surface area (Å²) in [7, 11) is 0. The zero-order valence-corrected chi connectivity index (χ0v) is 11.0. The van der Waals surface area contributed by atoms with Gasteiger partial charge in [0.05, 0.1) is 12.5 Å². The van der Waals surface area contributed by atoms with E-state index in [0.717, 1.165) is 19.4 Å². The van der Waals surface area contributed by atoms with Crippen LogP contribution in [-0.4, -0.2) is 42.4 Å². The Kier molecular flexibility index (Phi) is 6.34. The standard InChI is InChI=1S/C12H20ClNO3/c1-2-17-12(16)10-5-4-8-14(9-10)11(15)6-3-7-13/h10H,2-9H2,1H3. The Balaban J connectivity index is 2.42. The van der Waals surface area contributed by atoms with Gasteiger partial charge in [-0.15, -0.1) is 11.6 Å². The number of alkyl halides is 1. The predicted molar refractivity (Wildman–Crippen MR) is 65.9 cm³/mol. The Morgan fingerprint density at radius 1 is 1.47 bits per heavy atom. The molecule has 1 aliphatic heterocycles. The topological polar surface area (TPSA) is 46.6 Å². The summed E-state index contributed by atoms with van der Waals surface area (Å²) >= 11 is 5.56. The van der Waals surface area contributed by atoms with E-state index in [-0.39, 0.29) is 17.8 Å². The number of hydrogen-bond donors (Lipinski definition) is 0. The molecule has 1 rings (SSSR count). The molecule has 0 aromatic carbocycles. The smallest absolute Gasteiger partial charge is 0.310 e. The molecule has 0 aromatic rings. The number of carbonyl (C=O) groups is 2. The van der Waals surface area contributed by atoms with Crippen LogP contribution in [0.5, 0.6) is 0 Å². The van der Waals surface area contributed by atoms with E-state index in [4.69, 9.17) is 16.3 Å². The SMILES string of the molecule is CCOC(=O)C1CCCN(C(=O)CCCCl)C1. The number of esters is 1. The Morgan fingerprint density at radius 2 is 2.24 bits per heavy atom. The minimum absolute atomic E-state index is 0.0969. The molecule has 0 bridgehead atoms. The van der Waals surface area contributed by atoms with Crippen molar-refractivity contribution >= 4 is 23.5 Å². The average Bonchev–Trinajstić information content (AvgIpc) is 2.36. The number of rotatable bonds is 5. The lowest BCUT2D eigenvalue weighted by molar-refractivity contribution is -0.151. The molecule has 0 aromatic heterocycles. The highest BCUT2D eigenvalue weighted by molar-refractivity contribution is 6.17. The molecule has 1 unspecified atom stereocenters. The first-order valence-electron chi connectivity index (χ1n) is 6.19. The Labute approximate surface area is 107 Å². The zero-order chi connectivity index (χ0) is 12.7. The van der Waals surface area contributed by atoms with E-state index >= 15 is 0 Å². The van der Waals surface area contributed by atoms with Gasteiger partial charge >= 0.3 is 5.97 Å². The van der Waals surface area contributed by atoms with Crippen molar-refractivity contribution in [1.82, 2.24) is 4.90 Å². The van der Waals surface area contributed by atoms with E-state index in [1.54, 1.807) is 11.8 Å². The Hall–Kier alpha value is -0.770. The second-order valence-corrected chi connectivity index (χ2v) is 4.60. The number of piperidine rings is 1. The van der Waals surface area contributed by atoms with Gasteiger partial charge in [0.2, 0.25) is 5.91 Å². The highest BCUT2D eigenvalue weighted by Gasteiger charge is 2.28. The predicted octanol–water partition coefficient (Wildman–Crippen LogP) is 1.81. The van der Waals surface area contributed by atoms with E-state index in [1.807, 2.05) is 0 Å². The second-order valence-electron chi connectivity index (χ2n) is 4.22. The summed E-state index contributed by atoms with van der Waals surface area (Å²) in [4.78, 5) is 25.2. The van der Waals surface area contributed by atoms with Gasteiger partial charge in [-0.2, -0.15) is 0 Å². The van der Waals surface area contributed by atoms with Crippen molar-refractivity contribution in [2.24, 2.45) is 5.92 Å². The molecule has 1 amide bonds. The molecule has 1 aliphatic rings. The van der Waals surface area contributed by atoms with E-state index in [9.17, 15) is 9.59 Å². The van der Waals surface area contributed by atoms with Crippen LogP contribution >= 0.6 is 11.6 Å². The van der Waals surface area contributed by atoms with Gasteiger partial charge in [0, 0.05) is 25.4 Å². The normalized spacial score (nSPS) is 20.1. The van der Waals surface area contributed by atoms with Crippen LogP contribution in [0.1, 0.15) is 32.6 Å². The molecule has 0 aliphatic carbocycles. The number of hydrogen-bond acceptors (Lipinski definition) is 3. The van der Waals surface area contributed by atoms with Crippen LogP contribution in [0.15, 0.2) is 0 Å². The maximum atomic E-state index is 11.8. The van der Waals surface area contributed by atoms with E-state index in [0.29, 0.717) is 31.9 Å². The van der Waals surface area contributed by atoms with Crippen LogP contribution in [0.25, 0.3) is 0 Å². The molecule has 1 fully saturated rings. The van der Waals surface area contributed by atoms with Gasteiger partial charge in [0.1, 0.15) is 0 Å². The van der Waals surface area contributed by atoms with Crippen molar-refractivity contribution < 1.29 is 14.3 Å². The lowest BCUT2D eigenvalue weighted by atomic mass is 9.98. The first kappa shape index (κ1) is 14.3. The minimum atomic E-state index is -0.178. The zero-order valence-electron chi connectivity index (χ0n) is 10.3. The van der Waals surface area contributed by atoms with Gasteiger partial charge in [-0.05, 0) is 26.2 Å². The third-order valence-electron chi connectivity index (χ3n) is 2.92. The van der Waals surface area contributed by atoms with Crippen molar-refractivity contribution in [3.8, 4) is 0 Å². The van der Waals surface area contributed by atoms with Crippen molar-refractivity contribution in [1.29, 1.82) is 0 Å². The summed E-state index contributed by atoms with van der Waals surface area (Å²) in [5.41, 5.74) is 0. The quantitative estimate of drug-likeness (QED) is 0.560. The maximum absolute atomic E-state index is 11.8. The van der Waals surface area contributed by atoms with Crippen molar-refractivity contribution in [2.75, 3.05) is 25.6 Å². The number of nitrogens with zero attached hydrogens (tertiary/aromatic N) is 1. The first-order chi connectivity index (χ1) is 8.19. The third kappa shape index (κ3) is 4.54. The average molecular weight is 262 g/mol. The fourth-order valence-corrected chi connectivity index (χ4v) is 2.17. The van der Waals surface area contributed by atoms with Crippen LogP contribution in [0, 0.1) is 5.92 Å². The molecule has 0 radical (unpaired) electrons. The molecule has 0 spiro atoms. The number of amides is 1. The number of halogens is 1. The monoisotopic (exact) mass is 261 g/mol. The fraction of sp³-hybridized carbons (Fsp3) is 0.833. The van der Waals surface area contributed by atoms with Crippen LogP contribution < -0.4 is 0 Å². The molecule has 1 atom stereocenters. The fourth-order valence-electron chi connectivity index (χ4n) is 2.03. The molecule has 1 saturated heterocycles. The number of ether oxygens (including phenoxy) is 1. The van der Waals surface area contributed by atoms with Gasteiger partial charge in [-0.1, -0.05) is 0 Å². The second kappa shape index (κ2) is 7.54. The summed E-state index contributed by atoms with van der Waals surface area (Å²) in [6, 6.07) is 0. The van der Waals surface area contributed by atoms with Crippen LogP contribution in [0.2, 0.25) is 0 Å². The van der Waals surface area contributed by atoms with Crippen molar-refractivity contribution in [3.05, 3.63) is 0 Å². The lowest BCUT2D eigenvalue weighted by Crippen LogP contribution is -2.42. The molecule has 4 nitrogen and oxygen atoms in total. The van der Waals surface area contributed by atoms with Gasteiger partial charge in [-0.3, -0.25) is 9.59 Å². The molecular weight excluding hydrogens is 242 g/mol. The lowest BCUT2D eigenvalue weighted by Gasteiger charge is -2.31. The van der Waals surface area contributed by atoms with Crippen LogP contribution in [0.4, 0.5) is 0 Å². The summed E-state index contributed by atoms with van der Waals surface area (Å²) in [5.74, 6) is 0.270. The van der Waals surface area contributed by atoms with Gasteiger partial charge in [-0.25, -0.2) is 0 Å². The molecule has 5 heteroatoms. The summed E-state index contributed by atoms with van der Waals surface area (Å²) in [6.45, 7) is 3.44. The van der Waals surface area contributed by atoms with Crippen LogP contribution in [0.3, 0.4) is 0 Å². The van der Waals surface area contributed by atoms with Crippen molar-refractivity contribution in [3.63, 3.8) is 0 Å². The molecule has 17 heavy (non-hydrogen) atoms. The molecule has 1 heterocycles. The minimum Gasteiger partial charge on any atom is -0.466 e. The third-order valence-corrected chi connectivity index (χ3v) is 3.19. The summed E-state index contributed by atoms with van der Waals surface area (Å²) in [6.07, 6.45) is 2.86. The number of likely N-dealkylation sites (tertiary alicyclic amines) is 1. The van der Waals surface area contributed by atoms with E-state index < -0.39 is 0 Å². The highest BCUT2D eigenvalue weighted by atomic mass is 35.5. The Morgan fingerprint density at radius 3 is 2.88 bits per heavy atom. The largest absolute Gasteiger partial charge is 0.466 e. The molecule has 0 saturated carbocycles. The maximum Gasteiger partial charge on any atom is 0.310 e.